The van der Waals surface area contributed by atoms with Crippen molar-refractivity contribution in [1.82, 2.24) is 14.7 Å². The first-order chi connectivity index (χ1) is 10.1. The first-order valence-corrected chi connectivity index (χ1v) is 8.02. The maximum atomic E-state index is 11.7. The molecule has 0 aliphatic carbocycles. The first-order valence-electron chi connectivity index (χ1n) is 7.64. The van der Waals surface area contributed by atoms with Crippen molar-refractivity contribution < 1.29 is 9.53 Å². The zero-order valence-corrected chi connectivity index (χ0v) is 13.8. The van der Waals surface area contributed by atoms with Crippen molar-refractivity contribution in [3.05, 3.63) is 16.4 Å². The standard InChI is InChI=1S/C15H24ClN3O2/c1-4-12-14(16)13(19(5-2)17-12)10-18-8-6-7-11(9-18)15(20)21-3/h11H,4-10H2,1-3H3. The highest BCUT2D eigenvalue weighted by Crippen LogP contribution is 2.25. The van der Waals surface area contributed by atoms with Gasteiger partial charge in [0, 0.05) is 19.6 Å². The van der Waals surface area contributed by atoms with Crippen LogP contribution in [-0.2, 0) is 29.0 Å². The van der Waals surface area contributed by atoms with Crippen molar-refractivity contribution in [2.24, 2.45) is 5.92 Å². The Bertz CT molecular complexity index is 501. The van der Waals surface area contributed by atoms with Crippen LogP contribution in [-0.4, -0.2) is 40.8 Å². The largest absolute Gasteiger partial charge is 0.469 e. The lowest BCUT2D eigenvalue weighted by Crippen LogP contribution is -2.39. The molecular formula is C15H24ClN3O2. The zero-order chi connectivity index (χ0) is 15.4. The predicted octanol–water partition coefficient (Wildman–Crippen LogP) is 2.50. The fraction of sp³-hybridized carbons (Fsp3) is 0.733. The molecule has 0 aromatic carbocycles. The molecule has 1 aromatic rings. The second-order valence-electron chi connectivity index (χ2n) is 5.47. The quantitative estimate of drug-likeness (QED) is 0.784. The van der Waals surface area contributed by atoms with E-state index in [1.807, 2.05) is 4.68 Å². The van der Waals surface area contributed by atoms with Crippen LogP contribution in [0.5, 0.6) is 0 Å². The van der Waals surface area contributed by atoms with Crippen LogP contribution in [0.3, 0.4) is 0 Å². The number of rotatable bonds is 5. The molecule has 21 heavy (non-hydrogen) atoms. The van der Waals surface area contributed by atoms with E-state index in [4.69, 9.17) is 16.3 Å². The van der Waals surface area contributed by atoms with E-state index in [2.05, 4.69) is 23.8 Å². The molecule has 0 N–H and O–H groups in total. The van der Waals surface area contributed by atoms with Crippen molar-refractivity contribution in [3.8, 4) is 0 Å². The van der Waals surface area contributed by atoms with Gasteiger partial charge in [-0.3, -0.25) is 14.4 Å². The van der Waals surface area contributed by atoms with Crippen molar-refractivity contribution in [1.29, 1.82) is 0 Å². The van der Waals surface area contributed by atoms with Crippen LogP contribution in [0.25, 0.3) is 0 Å². The highest BCUT2D eigenvalue weighted by molar-refractivity contribution is 6.31. The van der Waals surface area contributed by atoms with Crippen molar-refractivity contribution in [2.45, 2.75) is 46.2 Å². The van der Waals surface area contributed by atoms with Crippen molar-refractivity contribution in [2.75, 3.05) is 20.2 Å². The number of aromatic nitrogens is 2. The predicted molar refractivity (Wildman–Crippen MR) is 82.3 cm³/mol. The Morgan fingerprint density at radius 1 is 1.48 bits per heavy atom. The number of ether oxygens (including phenoxy) is 1. The van der Waals surface area contributed by atoms with Crippen LogP contribution >= 0.6 is 11.6 Å². The molecule has 0 radical (unpaired) electrons. The van der Waals surface area contributed by atoms with E-state index in [1.54, 1.807) is 0 Å². The third kappa shape index (κ3) is 3.58. The Labute approximate surface area is 131 Å². The molecule has 5 nitrogen and oxygen atoms in total. The summed E-state index contributed by atoms with van der Waals surface area (Å²) in [6.07, 6.45) is 2.76. The molecule has 118 valence electrons. The van der Waals surface area contributed by atoms with Gasteiger partial charge in [-0.05, 0) is 32.7 Å². The van der Waals surface area contributed by atoms with E-state index >= 15 is 0 Å². The lowest BCUT2D eigenvalue weighted by molar-refractivity contribution is -0.147. The van der Waals surface area contributed by atoms with E-state index in [0.717, 1.165) is 61.9 Å². The molecule has 0 bridgehead atoms. The molecule has 1 aliphatic rings. The summed E-state index contributed by atoms with van der Waals surface area (Å²) in [7, 11) is 1.46. The highest BCUT2D eigenvalue weighted by atomic mass is 35.5. The second kappa shape index (κ2) is 7.27. The Kier molecular flexibility index (Phi) is 5.65. The molecule has 1 aromatic heterocycles. The lowest BCUT2D eigenvalue weighted by atomic mass is 9.98. The summed E-state index contributed by atoms with van der Waals surface area (Å²) in [6.45, 7) is 7.40. The molecule has 0 spiro atoms. The molecule has 1 fully saturated rings. The minimum atomic E-state index is -0.107. The number of hydrogen-bond acceptors (Lipinski definition) is 4. The number of hydrogen-bond donors (Lipinski definition) is 0. The molecule has 1 saturated heterocycles. The zero-order valence-electron chi connectivity index (χ0n) is 13.1. The third-order valence-corrected chi connectivity index (χ3v) is 4.54. The number of piperidine rings is 1. The number of halogens is 1. The van der Waals surface area contributed by atoms with Gasteiger partial charge in [0.15, 0.2) is 0 Å². The van der Waals surface area contributed by atoms with Crippen molar-refractivity contribution in [3.63, 3.8) is 0 Å². The van der Waals surface area contributed by atoms with Crippen LogP contribution < -0.4 is 0 Å². The Morgan fingerprint density at radius 3 is 2.86 bits per heavy atom. The molecule has 1 atom stereocenters. The van der Waals surface area contributed by atoms with Gasteiger partial charge >= 0.3 is 5.97 Å². The minimum Gasteiger partial charge on any atom is -0.469 e. The summed E-state index contributed by atoms with van der Waals surface area (Å²) >= 11 is 6.45. The minimum absolute atomic E-state index is 0.0221. The third-order valence-electron chi connectivity index (χ3n) is 4.11. The number of nitrogens with zero attached hydrogens (tertiary/aromatic N) is 3. The van der Waals surface area contributed by atoms with Gasteiger partial charge in [0.1, 0.15) is 0 Å². The lowest BCUT2D eigenvalue weighted by Gasteiger charge is -2.31. The number of carbonyl (C=O) groups excluding carboxylic acids is 1. The second-order valence-corrected chi connectivity index (χ2v) is 5.85. The van der Waals surface area contributed by atoms with Crippen LogP contribution in [0.4, 0.5) is 0 Å². The van der Waals surface area contributed by atoms with Crippen molar-refractivity contribution >= 4 is 17.6 Å². The molecule has 1 unspecified atom stereocenters. The van der Waals surface area contributed by atoms with Crippen LogP contribution in [0, 0.1) is 5.92 Å². The van der Waals surface area contributed by atoms with E-state index < -0.39 is 0 Å². The summed E-state index contributed by atoms with van der Waals surface area (Å²) in [5.74, 6) is -0.129. The smallest absolute Gasteiger partial charge is 0.309 e. The molecule has 6 heteroatoms. The Hall–Kier alpha value is -1.07. The average Bonchev–Trinajstić information content (AvgIpc) is 2.82. The number of carbonyl (C=O) groups is 1. The topological polar surface area (TPSA) is 47.4 Å². The molecule has 0 amide bonds. The summed E-state index contributed by atoms with van der Waals surface area (Å²) < 4.78 is 6.84. The molecule has 0 saturated carbocycles. The highest BCUT2D eigenvalue weighted by Gasteiger charge is 2.27. The summed E-state index contributed by atoms with van der Waals surface area (Å²) in [4.78, 5) is 14.0. The summed E-state index contributed by atoms with van der Waals surface area (Å²) in [6, 6.07) is 0. The summed E-state index contributed by atoms with van der Waals surface area (Å²) in [5, 5.41) is 5.33. The number of likely N-dealkylation sites (tertiary alicyclic amines) is 1. The first kappa shape index (κ1) is 16.3. The van der Waals surface area contributed by atoms with Crippen LogP contribution in [0.1, 0.15) is 38.1 Å². The monoisotopic (exact) mass is 313 g/mol. The fourth-order valence-electron chi connectivity index (χ4n) is 2.94. The Morgan fingerprint density at radius 2 is 2.24 bits per heavy atom. The molecule has 2 heterocycles. The summed E-state index contributed by atoms with van der Waals surface area (Å²) in [5.41, 5.74) is 2.01. The SMILES string of the molecule is CCc1nn(CC)c(CN2CCCC(C(=O)OC)C2)c1Cl. The Balaban J connectivity index is 2.10. The fourth-order valence-corrected chi connectivity index (χ4v) is 3.27. The maximum absolute atomic E-state index is 11.7. The molecular weight excluding hydrogens is 290 g/mol. The average molecular weight is 314 g/mol. The molecule has 2 rings (SSSR count). The van der Waals surface area contributed by atoms with Gasteiger partial charge in [0.05, 0.1) is 29.4 Å². The van der Waals surface area contributed by atoms with Gasteiger partial charge in [-0.1, -0.05) is 18.5 Å². The number of esters is 1. The number of methoxy groups -OCH3 is 1. The van der Waals surface area contributed by atoms with E-state index in [1.165, 1.54) is 7.11 Å². The molecule has 1 aliphatic heterocycles. The van der Waals surface area contributed by atoms with Crippen LogP contribution in [0.15, 0.2) is 0 Å². The van der Waals surface area contributed by atoms with E-state index in [9.17, 15) is 4.79 Å². The van der Waals surface area contributed by atoms with Gasteiger partial charge in [-0.25, -0.2) is 0 Å². The van der Waals surface area contributed by atoms with Gasteiger partial charge < -0.3 is 4.74 Å². The maximum Gasteiger partial charge on any atom is 0.309 e. The number of aryl methyl sites for hydroxylation is 2. The van der Waals surface area contributed by atoms with Gasteiger partial charge in [0.25, 0.3) is 0 Å². The normalized spacial score (nSPS) is 19.7. The van der Waals surface area contributed by atoms with Crippen LogP contribution in [0.2, 0.25) is 5.02 Å². The van der Waals surface area contributed by atoms with Gasteiger partial charge in [-0.15, -0.1) is 0 Å². The van der Waals surface area contributed by atoms with Gasteiger partial charge in [-0.2, -0.15) is 5.10 Å². The van der Waals surface area contributed by atoms with Gasteiger partial charge in [0.2, 0.25) is 0 Å². The van der Waals surface area contributed by atoms with E-state index in [-0.39, 0.29) is 11.9 Å². The van der Waals surface area contributed by atoms with E-state index in [0.29, 0.717) is 0 Å².